The van der Waals surface area contributed by atoms with E-state index in [2.05, 4.69) is 37.1 Å². The normalized spacial score (nSPS) is 47.6. The molecular formula is C5H12N2S. The van der Waals surface area contributed by atoms with Crippen LogP contribution < -0.4 is 10.6 Å². The van der Waals surface area contributed by atoms with Gasteiger partial charge in [0.1, 0.15) is 5.50 Å². The number of hydrogen-bond acceptors (Lipinski definition) is 3. The fourth-order valence-electron chi connectivity index (χ4n) is 0.835. The molecule has 2 unspecified atom stereocenters. The van der Waals surface area contributed by atoms with E-state index in [4.69, 9.17) is 0 Å². The van der Waals surface area contributed by atoms with Gasteiger partial charge in [-0.15, -0.1) is 12.6 Å². The lowest BCUT2D eigenvalue weighted by Gasteiger charge is -2.05. The smallest absolute Gasteiger partial charge is 0.103 e. The van der Waals surface area contributed by atoms with Gasteiger partial charge in [-0.05, 0) is 13.8 Å². The second-order valence-corrected chi connectivity index (χ2v) is 2.83. The number of hydrogen-bond donors (Lipinski definition) is 3. The summed E-state index contributed by atoms with van der Waals surface area (Å²) in [6.07, 6.45) is 0. The molecule has 0 spiro atoms. The van der Waals surface area contributed by atoms with Crippen LogP contribution in [0.15, 0.2) is 0 Å². The van der Waals surface area contributed by atoms with Crippen LogP contribution in [0.25, 0.3) is 0 Å². The predicted octanol–water partition coefficient (Wildman–Crippen LogP) is 0.170. The molecule has 0 saturated carbocycles. The first-order valence-electron chi connectivity index (χ1n) is 2.90. The summed E-state index contributed by atoms with van der Waals surface area (Å²) < 4.78 is 0. The van der Waals surface area contributed by atoms with Crippen LogP contribution in [0.1, 0.15) is 13.8 Å². The average molecular weight is 132 g/mol. The van der Waals surface area contributed by atoms with E-state index in [9.17, 15) is 0 Å². The first-order valence-corrected chi connectivity index (χ1v) is 3.42. The highest BCUT2D eigenvalue weighted by atomic mass is 32.1. The SMILES string of the molecule is CC1NC(S)NC1C. The Labute approximate surface area is 55.4 Å². The molecule has 1 aliphatic heterocycles. The molecular weight excluding hydrogens is 120 g/mol. The Bertz CT molecular complexity index is 76.5. The summed E-state index contributed by atoms with van der Waals surface area (Å²) in [7, 11) is 0. The van der Waals surface area contributed by atoms with Crippen molar-refractivity contribution >= 4 is 12.6 Å². The van der Waals surface area contributed by atoms with Crippen LogP contribution in [0.5, 0.6) is 0 Å². The Morgan fingerprint density at radius 1 is 1.12 bits per heavy atom. The maximum absolute atomic E-state index is 4.19. The van der Waals surface area contributed by atoms with Gasteiger partial charge in [0.25, 0.3) is 0 Å². The van der Waals surface area contributed by atoms with Gasteiger partial charge in [0.15, 0.2) is 0 Å². The molecule has 2 N–H and O–H groups in total. The molecule has 1 aliphatic rings. The minimum absolute atomic E-state index is 0.194. The van der Waals surface area contributed by atoms with Crippen molar-refractivity contribution in [3.8, 4) is 0 Å². The van der Waals surface area contributed by atoms with Gasteiger partial charge in [-0.1, -0.05) is 0 Å². The standard InChI is InChI=1S/C5H12N2S/c1-3-4(2)7-5(8)6-3/h3-8H,1-2H3. The second-order valence-electron chi connectivity index (χ2n) is 2.31. The molecule has 48 valence electrons. The van der Waals surface area contributed by atoms with E-state index in [0.717, 1.165) is 0 Å². The number of thiol groups is 1. The average Bonchev–Trinajstić information content (AvgIpc) is 1.85. The van der Waals surface area contributed by atoms with Gasteiger partial charge in [-0.2, -0.15) is 0 Å². The van der Waals surface area contributed by atoms with Crippen molar-refractivity contribution < 1.29 is 0 Å². The van der Waals surface area contributed by atoms with E-state index < -0.39 is 0 Å². The molecule has 0 radical (unpaired) electrons. The maximum atomic E-state index is 4.19. The number of rotatable bonds is 0. The van der Waals surface area contributed by atoms with Gasteiger partial charge in [0.05, 0.1) is 0 Å². The Morgan fingerprint density at radius 3 is 1.62 bits per heavy atom. The summed E-state index contributed by atoms with van der Waals surface area (Å²) in [5.41, 5.74) is 0.194. The lowest BCUT2D eigenvalue weighted by Crippen LogP contribution is -2.26. The maximum Gasteiger partial charge on any atom is 0.103 e. The van der Waals surface area contributed by atoms with Crippen molar-refractivity contribution in [3.05, 3.63) is 0 Å². The van der Waals surface area contributed by atoms with Crippen molar-refractivity contribution in [2.75, 3.05) is 0 Å². The van der Waals surface area contributed by atoms with E-state index in [1.165, 1.54) is 0 Å². The summed E-state index contributed by atoms with van der Waals surface area (Å²) in [5.74, 6) is 0. The zero-order valence-electron chi connectivity index (χ0n) is 5.18. The zero-order chi connectivity index (χ0) is 6.15. The molecule has 1 rings (SSSR count). The molecule has 1 fully saturated rings. The fourth-order valence-corrected chi connectivity index (χ4v) is 1.31. The van der Waals surface area contributed by atoms with Crippen LogP contribution in [-0.2, 0) is 0 Å². The molecule has 8 heavy (non-hydrogen) atoms. The van der Waals surface area contributed by atoms with Crippen LogP contribution in [0, 0.1) is 0 Å². The van der Waals surface area contributed by atoms with Gasteiger partial charge >= 0.3 is 0 Å². The van der Waals surface area contributed by atoms with Crippen molar-refractivity contribution in [2.24, 2.45) is 0 Å². The Balaban J connectivity index is 2.39. The van der Waals surface area contributed by atoms with Crippen molar-refractivity contribution in [1.29, 1.82) is 0 Å². The Kier molecular flexibility index (Phi) is 1.80. The monoisotopic (exact) mass is 132 g/mol. The minimum Gasteiger partial charge on any atom is -0.289 e. The van der Waals surface area contributed by atoms with Gasteiger partial charge in [-0.25, -0.2) is 0 Å². The summed E-state index contributed by atoms with van der Waals surface area (Å²) in [4.78, 5) is 0. The molecule has 1 saturated heterocycles. The quantitative estimate of drug-likeness (QED) is 0.409. The van der Waals surface area contributed by atoms with E-state index in [1.807, 2.05) is 0 Å². The zero-order valence-corrected chi connectivity index (χ0v) is 6.07. The van der Waals surface area contributed by atoms with Crippen LogP contribution in [0.3, 0.4) is 0 Å². The van der Waals surface area contributed by atoms with Crippen LogP contribution in [-0.4, -0.2) is 17.6 Å². The Morgan fingerprint density at radius 2 is 1.50 bits per heavy atom. The molecule has 0 aromatic carbocycles. The molecule has 2 atom stereocenters. The Hall–Kier alpha value is 0.270. The molecule has 1 heterocycles. The van der Waals surface area contributed by atoms with E-state index >= 15 is 0 Å². The summed E-state index contributed by atoms with van der Waals surface area (Å²) in [6, 6.07) is 1.11. The molecule has 0 aliphatic carbocycles. The first-order chi connectivity index (χ1) is 3.70. The minimum atomic E-state index is 0.194. The van der Waals surface area contributed by atoms with Gasteiger partial charge in [0, 0.05) is 12.1 Å². The molecule has 2 nitrogen and oxygen atoms in total. The number of nitrogens with one attached hydrogen (secondary N) is 2. The van der Waals surface area contributed by atoms with Crippen molar-refractivity contribution in [2.45, 2.75) is 31.4 Å². The molecule has 3 heteroatoms. The third-order valence-electron chi connectivity index (χ3n) is 1.59. The molecule has 0 aromatic heterocycles. The summed E-state index contributed by atoms with van der Waals surface area (Å²) >= 11 is 4.19. The lowest BCUT2D eigenvalue weighted by molar-refractivity contribution is 0.583. The van der Waals surface area contributed by atoms with Crippen LogP contribution in [0.2, 0.25) is 0 Å². The molecule has 0 bridgehead atoms. The highest BCUT2D eigenvalue weighted by Gasteiger charge is 2.22. The van der Waals surface area contributed by atoms with Crippen LogP contribution >= 0.6 is 12.6 Å². The first kappa shape index (κ1) is 6.39. The van der Waals surface area contributed by atoms with Crippen LogP contribution in [0.4, 0.5) is 0 Å². The highest BCUT2D eigenvalue weighted by Crippen LogP contribution is 2.03. The van der Waals surface area contributed by atoms with E-state index in [-0.39, 0.29) is 5.50 Å². The molecule has 0 amide bonds. The van der Waals surface area contributed by atoms with Gasteiger partial charge in [0.2, 0.25) is 0 Å². The van der Waals surface area contributed by atoms with E-state index in [1.54, 1.807) is 0 Å². The molecule has 0 aromatic rings. The second kappa shape index (κ2) is 2.25. The summed E-state index contributed by atoms with van der Waals surface area (Å²) in [6.45, 7) is 4.29. The van der Waals surface area contributed by atoms with Crippen molar-refractivity contribution in [1.82, 2.24) is 10.6 Å². The van der Waals surface area contributed by atoms with Crippen molar-refractivity contribution in [3.63, 3.8) is 0 Å². The third kappa shape index (κ3) is 1.16. The fraction of sp³-hybridized carbons (Fsp3) is 1.00. The lowest BCUT2D eigenvalue weighted by atomic mass is 10.2. The van der Waals surface area contributed by atoms with Gasteiger partial charge < -0.3 is 0 Å². The topological polar surface area (TPSA) is 24.1 Å². The third-order valence-corrected chi connectivity index (χ3v) is 1.89. The largest absolute Gasteiger partial charge is 0.289 e. The summed E-state index contributed by atoms with van der Waals surface area (Å²) in [5, 5.41) is 6.44. The highest BCUT2D eigenvalue weighted by molar-refractivity contribution is 7.80. The van der Waals surface area contributed by atoms with Gasteiger partial charge in [-0.3, -0.25) is 10.6 Å². The predicted molar refractivity (Wildman–Crippen MR) is 38.0 cm³/mol. The van der Waals surface area contributed by atoms with E-state index in [0.29, 0.717) is 12.1 Å².